The fourth-order valence-corrected chi connectivity index (χ4v) is 2.18. The molecule has 0 unspecified atom stereocenters. The molecule has 0 saturated heterocycles. The molecule has 0 aromatic carbocycles. The normalized spacial score (nSPS) is 19.3. The Hall–Kier alpha value is -1.09. The van der Waals surface area contributed by atoms with E-state index in [4.69, 9.17) is 5.73 Å². The second-order valence-corrected chi connectivity index (χ2v) is 4.70. The SMILES string of the molecule is CC1(NCc2ccc(N)cn2)CCCC1. The minimum absolute atomic E-state index is 0.322. The summed E-state index contributed by atoms with van der Waals surface area (Å²) < 4.78 is 0. The van der Waals surface area contributed by atoms with E-state index in [2.05, 4.69) is 17.2 Å². The van der Waals surface area contributed by atoms with Crippen molar-refractivity contribution in [2.24, 2.45) is 0 Å². The zero-order valence-electron chi connectivity index (χ0n) is 9.29. The second-order valence-electron chi connectivity index (χ2n) is 4.70. The molecule has 2 rings (SSSR count). The van der Waals surface area contributed by atoms with Crippen molar-refractivity contribution < 1.29 is 0 Å². The van der Waals surface area contributed by atoms with Crippen molar-refractivity contribution in [3.63, 3.8) is 0 Å². The van der Waals surface area contributed by atoms with Crippen molar-refractivity contribution in [3.05, 3.63) is 24.0 Å². The fraction of sp³-hybridized carbons (Fsp3) is 0.583. The van der Waals surface area contributed by atoms with Gasteiger partial charge >= 0.3 is 0 Å². The second kappa shape index (κ2) is 4.19. The highest BCUT2D eigenvalue weighted by molar-refractivity contribution is 5.34. The molecule has 0 aliphatic heterocycles. The smallest absolute Gasteiger partial charge is 0.0543 e. The molecule has 0 spiro atoms. The van der Waals surface area contributed by atoms with E-state index in [9.17, 15) is 0 Å². The third kappa shape index (κ3) is 2.69. The molecule has 3 nitrogen and oxygen atoms in total. The fourth-order valence-electron chi connectivity index (χ4n) is 2.18. The molecule has 1 aromatic rings. The predicted octanol–water partition coefficient (Wildman–Crippen LogP) is 2.09. The molecule has 1 aliphatic rings. The molecule has 1 heterocycles. The first-order valence-electron chi connectivity index (χ1n) is 5.63. The van der Waals surface area contributed by atoms with Crippen LogP contribution in [0.15, 0.2) is 18.3 Å². The number of nitrogens with one attached hydrogen (secondary N) is 1. The van der Waals surface area contributed by atoms with Crippen LogP contribution in [0, 0.1) is 0 Å². The molecule has 0 atom stereocenters. The molecule has 0 amide bonds. The van der Waals surface area contributed by atoms with E-state index in [0.29, 0.717) is 5.54 Å². The lowest BCUT2D eigenvalue weighted by molar-refractivity contribution is 0.360. The van der Waals surface area contributed by atoms with Gasteiger partial charge in [-0.1, -0.05) is 12.8 Å². The summed E-state index contributed by atoms with van der Waals surface area (Å²) in [5, 5.41) is 3.59. The Morgan fingerprint density at radius 3 is 2.73 bits per heavy atom. The van der Waals surface area contributed by atoms with Gasteiger partial charge in [0.15, 0.2) is 0 Å². The maximum absolute atomic E-state index is 5.59. The summed E-state index contributed by atoms with van der Waals surface area (Å²) in [6.07, 6.45) is 6.97. The summed E-state index contributed by atoms with van der Waals surface area (Å²) in [6.45, 7) is 3.15. The van der Waals surface area contributed by atoms with E-state index in [0.717, 1.165) is 17.9 Å². The van der Waals surface area contributed by atoms with E-state index in [1.54, 1.807) is 6.20 Å². The molecular weight excluding hydrogens is 186 g/mol. The van der Waals surface area contributed by atoms with Gasteiger partial charge in [-0.05, 0) is 31.9 Å². The Labute approximate surface area is 91.1 Å². The Balaban J connectivity index is 1.90. The number of pyridine rings is 1. The molecule has 3 heteroatoms. The largest absolute Gasteiger partial charge is 0.397 e. The zero-order valence-corrected chi connectivity index (χ0v) is 9.29. The monoisotopic (exact) mass is 205 g/mol. The van der Waals surface area contributed by atoms with Gasteiger partial charge in [-0.15, -0.1) is 0 Å². The van der Waals surface area contributed by atoms with E-state index >= 15 is 0 Å². The number of nitrogens with zero attached hydrogens (tertiary/aromatic N) is 1. The Kier molecular flexibility index (Phi) is 2.91. The average Bonchev–Trinajstić information content (AvgIpc) is 2.65. The van der Waals surface area contributed by atoms with E-state index < -0.39 is 0 Å². The average molecular weight is 205 g/mol. The first-order chi connectivity index (χ1) is 7.18. The summed E-state index contributed by atoms with van der Waals surface area (Å²) in [4.78, 5) is 4.28. The predicted molar refractivity (Wildman–Crippen MR) is 62.4 cm³/mol. The first-order valence-corrected chi connectivity index (χ1v) is 5.63. The van der Waals surface area contributed by atoms with Crippen LogP contribution in [0.5, 0.6) is 0 Å². The Morgan fingerprint density at radius 2 is 2.13 bits per heavy atom. The number of anilines is 1. The lowest BCUT2D eigenvalue weighted by Gasteiger charge is -2.25. The van der Waals surface area contributed by atoms with Crippen molar-refractivity contribution in [1.82, 2.24) is 10.3 Å². The Morgan fingerprint density at radius 1 is 1.40 bits per heavy atom. The highest BCUT2D eigenvalue weighted by Crippen LogP contribution is 2.28. The van der Waals surface area contributed by atoms with Crippen molar-refractivity contribution in [1.29, 1.82) is 0 Å². The van der Waals surface area contributed by atoms with Crippen molar-refractivity contribution in [2.45, 2.75) is 44.7 Å². The van der Waals surface area contributed by atoms with Crippen LogP contribution in [-0.2, 0) is 6.54 Å². The number of aromatic nitrogens is 1. The van der Waals surface area contributed by atoms with Gasteiger partial charge in [0, 0.05) is 12.1 Å². The van der Waals surface area contributed by atoms with Gasteiger partial charge in [-0.3, -0.25) is 4.98 Å². The van der Waals surface area contributed by atoms with Crippen molar-refractivity contribution in [3.8, 4) is 0 Å². The van der Waals surface area contributed by atoms with Gasteiger partial charge in [0.05, 0.1) is 17.6 Å². The van der Waals surface area contributed by atoms with Crippen molar-refractivity contribution in [2.75, 3.05) is 5.73 Å². The van der Waals surface area contributed by atoms with E-state index in [1.165, 1.54) is 25.7 Å². The lowest BCUT2D eigenvalue weighted by atomic mass is 10.0. The van der Waals surface area contributed by atoms with E-state index in [1.807, 2.05) is 12.1 Å². The summed E-state index contributed by atoms with van der Waals surface area (Å²) in [5.74, 6) is 0. The number of nitrogen functional groups attached to an aromatic ring is 1. The maximum Gasteiger partial charge on any atom is 0.0543 e. The molecule has 1 saturated carbocycles. The molecule has 1 aromatic heterocycles. The van der Waals surface area contributed by atoms with Crippen LogP contribution in [0.25, 0.3) is 0 Å². The Bertz CT molecular complexity index is 312. The lowest BCUT2D eigenvalue weighted by Crippen LogP contribution is -2.38. The molecule has 3 N–H and O–H groups in total. The topological polar surface area (TPSA) is 50.9 Å². The summed E-state index contributed by atoms with van der Waals surface area (Å²) in [6, 6.07) is 3.89. The van der Waals surface area contributed by atoms with Gasteiger partial charge in [0.25, 0.3) is 0 Å². The third-order valence-corrected chi connectivity index (χ3v) is 3.25. The van der Waals surface area contributed by atoms with Gasteiger partial charge in [0.2, 0.25) is 0 Å². The molecule has 1 fully saturated rings. The number of rotatable bonds is 3. The minimum Gasteiger partial charge on any atom is -0.397 e. The summed E-state index contributed by atoms with van der Waals surface area (Å²) >= 11 is 0. The van der Waals surface area contributed by atoms with Crippen LogP contribution in [0.2, 0.25) is 0 Å². The quantitative estimate of drug-likeness (QED) is 0.794. The molecular formula is C12H19N3. The van der Waals surface area contributed by atoms with Gasteiger partial charge in [-0.2, -0.15) is 0 Å². The standard InChI is InChI=1S/C12H19N3/c1-12(6-2-3-7-12)15-9-11-5-4-10(13)8-14-11/h4-5,8,15H,2-3,6-7,9,13H2,1H3. The highest BCUT2D eigenvalue weighted by atomic mass is 15.0. The minimum atomic E-state index is 0.322. The zero-order chi connectivity index (χ0) is 10.7. The van der Waals surface area contributed by atoms with Crippen LogP contribution in [0.1, 0.15) is 38.3 Å². The van der Waals surface area contributed by atoms with E-state index in [-0.39, 0.29) is 0 Å². The highest BCUT2D eigenvalue weighted by Gasteiger charge is 2.27. The van der Waals surface area contributed by atoms with Gasteiger partial charge in [0.1, 0.15) is 0 Å². The summed E-state index contributed by atoms with van der Waals surface area (Å²) in [7, 11) is 0. The number of hydrogen-bond donors (Lipinski definition) is 2. The molecule has 0 bridgehead atoms. The molecule has 15 heavy (non-hydrogen) atoms. The number of hydrogen-bond acceptors (Lipinski definition) is 3. The molecule has 0 radical (unpaired) electrons. The van der Waals surface area contributed by atoms with Crippen LogP contribution in [-0.4, -0.2) is 10.5 Å². The summed E-state index contributed by atoms with van der Waals surface area (Å²) in [5.41, 5.74) is 7.71. The third-order valence-electron chi connectivity index (χ3n) is 3.25. The van der Waals surface area contributed by atoms with Crippen LogP contribution < -0.4 is 11.1 Å². The van der Waals surface area contributed by atoms with Crippen LogP contribution in [0.3, 0.4) is 0 Å². The van der Waals surface area contributed by atoms with Crippen molar-refractivity contribution >= 4 is 5.69 Å². The van der Waals surface area contributed by atoms with Crippen LogP contribution in [0.4, 0.5) is 5.69 Å². The number of nitrogens with two attached hydrogens (primary N) is 1. The first kappa shape index (κ1) is 10.4. The van der Waals surface area contributed by atoms with Gasteiger partial charge in [-0.25, -0.2) is 0 Å². The van der Waals surface area contributed by atoms with Gasteiger partial charge < -0.3 is 11.1 Å². The van der Waals surface area contributed by atoms with Crippen LogP contribution >= 0.6 is 0 Å². The maximum atomic E-state index is 5.59. The molecule has 1 aliphatic carbocycles. The molecule has 82 valence electrons.